The fraction of sp³-hybridized carbons (Fsp3) is 0.278. The standard InChI is InChI=1S/C18H21FN2O3S/c1-12-10-13(19)8-9-16(12)25(23,24)21-15-7-5-6-14(11-15)20-17(22)18(2,3)4/h5-11,21H,1-4H3,(H,20,22). The van der Waals surface area contributed by atoms with E-state index in [0.717, 1.165) is 12.1 Å². The van der Waals surface area contributed by atoms with Crippen molar-refractivity contribution in [2.45, 2.75) is 32.6 Å². The molecule has 0 heterocycles. The van der Waals surface area contributed by atoms with Gasteiger partial charge in [0.25, 0.3) is 10.0 Å². The first-order chi connectivity index (χ1) is 11.5. The lowest BCUT2D eigenvalue weighted by atomic mass is 9.95. The van der Waals surface area contributed by atoms with Crippen LogP contribution in [0.3, 0.4) is 0 Å². The van der Waals surface area contributed by atoms with Crippen molar-refractivity contribution in [3.05, 3.63) is 53.8 Å². The Morgan fingerprint density at radius 2 is 1.68 bits per heavy atom. The van der Waals surface area contributed by atoms with Crippen LogP contribution in [0.1, 0.15) is 26.3 Å². The van der Waals surface area contributed by atoms with Crippen molar-refractivity contribution in [3.8, 4) is 0 Å². The number of anilines is 2. The van der Waals surface area contributed by atoms with Crippen LogP contribution in [-0.2, 0) is 14.8 Å². The van der Waals surface area contributed by atoms with Crippen LogP contribution in [-0.4, -0.2) is 14.3 Å². The Kier molecular flexibility index (Phi) is 5.17. The highest BCUT2D eigenvalue weighted by Gasteiger charge is 2.22. The van der Waals surface area contributed by atoms with Gasteiger partial charge in [-0.25, -0.2) is 12.8 Å². The molecule has 0 atom stereocenters. The number of halogens is 1. The van der Waals surface area contributed by atoms with Crippen molar-refractivity contribution in [2.75, 3.05) is 10.0 Å². The van der Waals surface area contributed by atoms with E-state index in [1.54, 1.807) is 39.0 Å². The minimum absolute atomic E-state index is 0.00182. The van der Waals surface area contributed by atoms with Crippen LogP contribution in [0.4, 0.5) is 15.8 Å². The second-order valence-corrected chi connectivity index (χ2v) is 8.45. The predicted octanol–water partition coefficient (Wildman–Crippen LogP) is 3.92. The van der Waals surface area contributed by atoms with Crippen LogP contribution >= 0.6 is 0 Å². The van der Waals surface area contributed by atoms with Gasteiger partial charge >= 0.3 is 0 Å². The smallest absolute Gasteiger partial charge is 0.262 e. The van der Waals surface area contributed by atoms with Crippen LogP contribution < -0.4 is 10.0 Å². The van der Waals surface area contributed by atoms with E-state index in [-0.39, 0.29) is 10.8 Å². The Morgan fingerprint density at radius 1 is 1.04 bits per heavy atom. The molecule has 5 nitrogen and oxygen atoms in total. The van der Waals surface area contributed by atoms with E-state index in [0.29, 0.717) is 16.9 Å². The number of aryl methyl sites for hydroxylation is 1. The third-order valence-electron chi connectivity index (χ3n) is 3.48. The molecule has 0 unspecified atom stereocenters. The number of rotatable bonds is 4. The van der Waals surface area contributed by atoms with E-state index in [2.05, 4.69) is 10.0 Å². The van der Waals surface area contributed by atoms with Crippen molar-refractivity contribution in [2.24, 2.45) is 5.41 Å². The number of carbonyl (C=O) groups is 1. The Morgan fingerprint density at radius 3 is 2.28 bits per heavy atom. The molecule has 0 aliphatic heterocycles. The number of nitrogens with one attached hydrogen (secondary N) is 2. The van der Waals surface area contributed by atoms with E-state index >= 15 is 0 Å². The van der Waals surface area contributed by atoms with Gasteiger partial charge in [0.05, 0.1) is 10.6 Å². The maximum Gasteiger partial charge on any atom is 0.262 e. The third-order valence-corrected chi connectivity index (χ3v) is 5.02. The lowest BCUT2D eigenvalue weighted by Gasteiger charge is -2.18. The molecule has 0 fully saturated rings. The molecule has 7 heteroatoms. The van der Waals surface area contributed by atoms with Gasteiger partial charge in [0.1, 0.15) is 5.82 Å². The van der Waals surface area contributed by atoms with Crippen molar-refractivity contribution >= 4 is 27.3 Å². The second-order valence-electron chi connectivity index (χ2n) is 6.80. The Bertz CT molecular complexity index is 903. The Hall–Kier alpha value is -2.41. The molecule has 2 N–H and O–H groups in total. The molecule has 0 aromatic heterocycles. The molecule has 2 rings (SSSR count). The maximum absolute atomic E-state index is 13.2. The number of benzene rings is 2. The SMILES string of the molecule is Cc1cc(F)ccc1S(=O)(=O)Nc1cccc(NC(=O)C(C)(C)C)c1. The van der Waals surface area contributed by atoms with Crippen LogP contribution in [0.2, 0.25) is 0 Å². The van der Waals surface area contributed by atoms with Crippen molar-refractivity contribution in [1.82, 2.24) is 0 Å². The molecule has 0 radical (unpaired) electrons. The summed E-state index contributed by atoms with van der Waals surface area (Å²) in [7, 11) is -3.86. The molecule has 0 aliphatic carbocycles. The molecular formula is C18H21FN2O3S. The zero-order chi connectivity index (χ0) is 18.8. The summed E-state index contributed by atoms with van der Waals surface area (Å²) in [6, 6.07) is 9.88. The average molecular weight is 364 g/mol. The van der Waals surface area contributed by atoms with Gasteiger partial charge in [-0.3, -0.25) is 9.52 Å². The molecule has 0 bridgehead atoms. The topological polar surface area (TPSA) is 75.3 Å². The zero-order valence-corrected chi connectivity index (χ0v) is 15.4. The quantitative estimate of drug-likeness (QED) is 0.863. The predicted molar refractivity (Wildman–Crippen MR) is 96.5 cm³/mol. The summed E-state index contributed by atoms with van der Waals surface area (Å²) in [6.45, 7) is 6.88. The van der Waals surface area contributed by atoms with Crippen LogP contribution in [0.15, 0.2) is 47.4 Å². The summed E-state index contributed by atoms with van der Waals surface area (Å²) in [4.78, 5) is 12.0. The molecule has 1 amide bonds. The normalized spacial score (nSPS) is 11.9. The number of amides is 1. The fourth-order valence-electron chi connectivity index (χ4n) is 2.10. The fourth-order valence-corrected chi connectivity index (χ4v) is 3.38. The van der Waals surface area contributed by atoms with E-state index in [9.17, 15) is 17.6 Å². The highest BCUT2D eigenvalue weighted by molar-refractivity contribution is 7.92. The van der Waals surface area contributed by atoms with Gasteiger partial charge < -0.3 is 5.32 Å². The number of sulfonamides is 1. The van der Waals surface area contributed by atoms with Crippen LogP contribution in [0.25, 0.3) is 0 Å². The molecule has 2 aromatic carbocycles. The molecule has 2 aromatic rings. The molecule has 134 valence electrons. The first kappa shape index (κ1) is 18.9. The minimum atomic E-state index is -3.86. The molecule has 0 saturated carbocycles. The van der Waals surface area contributed by atoms with Gasteiger partial charge in [0.2, 0.25) is 5.91 Å². The largest absolute Gasteiger partial charge is 0.326 e. The Labute approximate surface area is 147 Å². The highest BCUT2D eigenvalue weighted by atomic mass is 32.2. The van der Waals surface area contributed by atoms with Crippen LogP contribution in [0.5, 0.6) is 0 Å². The summed E-state index contributed by atoms with van der Waals surface area (Å²) < 4.78 is 40.6. The van der Waals surface area contributed by atoms with Gasteiger partial charge in [-0.1, -0.05) is 26.8 Å². The maximum atomic E-state index is 13.2. The number of carbonyl (C=O) groups excluding carboxylic acids is 1. The number of hydrogen-bond acceptors (Lipinski definition) is 3. The molecular weight excluding hydrogens is 343 g/mol. The minimum Gasteiger partial charge on any atom is -0.326 e. The summed E-state index contributed by atoms with van der Waals surface area (Å²) in [6.07, 6.45) is 0. The summed E-state index contributed by atoms with van der Waals surface area (Å²) >= 11 is 0. The highest BCUT2D eigenvalue weighted by Crippen LogP contribution is 2.23. The van der Waals surface area contributed by atoms with Crippen molar-refractivity contribution in [3.63, 3.8) is 0 Å². The molecule has 0 saturated heterocycles. The molecule has 25 heavy (non-hydrogen) atoms. The monoisotopic (exact) mass is 364 g/mol. The lowest BCUT2D eigenvalue weighted by Crippen LogP contribution is -2.27. The van der Waals surface area contributed by atoms with Crippen molar-refractivity contribution in [1.29, 1.82) is 0 Å². The summed E-state index contributed by atoms with van der Waals surface area (Å²) in [5.74, 6) is -0.676. The number of hydrogen-bond donors (Lipinski definition) is 2. The zero-order valence-electron chi connectivity index (χ0n) is 14.6. The average Bonchev–Trinajstić information content (AvgIpc) is 2.45. The van der Waals surface area contributed by atoms with Crippen molar-refractivity contribution < 1.29 is 17.6 Å². The lowest BCUT2D eigenvalue weighted by molar-refractivity contribution is -0.123. The Balaban J connectivity index is 2.25. The molecule has 0 aliphatic rings. The van der Waals surface area contributed by atoms with E-state index in [4.69, 9.17) is 0 Å². The first-order valence-corrected chi connectivity index (χ1v) is 9.18. The first-order valence-electron chi connectivity index (χ1n) is 7.69. The van der Waals surface area contributed by atoms with Gasteiger partial charge in [-0.2, -0.15) is 0 Å². The summed E-state index contributed by atoms with van der Waals surface area (Å²) in [5.41, 5.74) is 0.525. The second kappa shape index (κ2) is 6.84. The third kappa shape index (κ3) is 4.79. The van der Waals surface area contributed by atoms with Gasteiger partial charge in [-0.15, -0.1) is 0 Å². The van der Waals surface area contributed by atoms with Gasteiger partial charge in [0.15, 0.2) is 0 Å². The summed E-state index contributed by atoms with van der Waals surface area (Å²) in [5, 5.41) is 2.74. The van der Waals surface area contributed by atoms with Gasteiger partial charge in [-0.05, 0) is 48.9 Å². The van der Waals surface area contributed by atoms with Crippen LogP contribution in [0, 0.1) is 18.2 Å². The van der Waals surface area contributed by atoms with E-state index in [1.807, 2.05) is 0 Å². The molecule has 0 spiro atoms. The van der Waals surface area contributed by atoms with E-state index in [1.165, 1.54) is 19.1 Å². The van der Waals surface area contributed by atoms with E-state index < -0.39 is 21.3 Å². The van der Waals surface area contributed by atoms with Gasteiger partial charge in [0, 0.05) is 11.1 Å².